The van der Waals surface area contributed by atoms with Crippen molar-refractivity contribution in [2.75, 3.05) is 0 Å². The first kappa shape index (κ1) is 16.9. The summed E-state index contributed by atoms with van der Waals surface area (Å²) in [6.07, 6.45) is 3.95. The molecule has 0 radical (unpaired) electrons. The van der Waals surface area contributed by atoms with Crippen molar-refractivity contribution in [1.82, 2.24) is 20.1 Å². The molecule has 0 spiro atoms. The number of nitrogens with zero attached hydrogens (tertiary/aromatic N) is 2. The highest BCUT2D eigenvalue weighted by atomic mass is 32.1. The second-order valence-electron chi connectivity index (χ2n) is 6.54. The molecule has 1 aromatic carbocycles. The van der Waals surface area contributed by atoms with Crippen molar-refractivity contribution in [3.05, 3.63) is 46.0 Å². The number of fused-ring (bicyclic) bond motifs is 1. The van der Waals surface area contributed by atoms with Gasteiger partial charge in [-0.05, 0) is 48.5 Å². The van der Waals surface area contributed by atoms with Gasteiger partial charge in [-0.15, -0.1) is 0 Å². The predicted octanol–water partition coefficient (Wildman–Crippen LogP) is 3.33. The number of H-pyrrole nitrogens is 1. The van der Waals surface area contributed by atoms with Crippen LogP contribution in [0.25, 0.3) is 0 Å². The molecular formula is C18H24N4OS. The van der Waals surface area contributed by atoms with Gasteiger partial charge in [0.2, 0.25) is 5.91 Å². The summed E-state index contributed by atoms with van der Waals surface area (Å²) in [5, 5.41) is 10.2. The van der Waals surface area contributed by atoms with Crippen LogP contribution in [0, 0.1) is 10.7 Å². The molecular weight excluding hydrogens is 320 g/mol. The fraction of sp³-hybridized carbons (Fsp3) is 0.500. The Morgan fingerprint density at radius 3 is 3.04 bits per heavy atom. The number of amides is 1. The minimum Gasteiger partial charge on any atom is -0.347 e. The highest BCUT2D eigenvalue weighted by molar-refractivity contribution is 7.71. The number of aromatic nitrogens is 3. The number of carbonyl (C=O) groups is 1. The van der Waals surface area contributed by atoms with Crippen LogP contribution in [0.3, 0.4) is 0 Å². The molecule has 1 aromatic heterocycles. The minimum atomic E-state index is -0.0154. The summed E-state index contributed by atoms with van der Waals surface area (Å²) in [4.78, 5) is 12.6. The van der Waals surface area contributed by atoms with Gasteiger partial charge in [0.15, 0.2) is 4.77 Å². The summed E-state index contributed by atoms with van der Waals surface area (Å²) in [6, 6.07) is 8.46. The van der Waals surface area contributed by atoms with Gasteiger partial charge in [-0.1, -0.05) is 38.1 Å². The normalized spacial score (nSPS) is 19.8. The second-order valence-corrected chi connectivity index (χ2v) is 6.93. The molecule has 2 atom stereocenters. The lowest BCUT2D eigenvalue weighted by Crippen LogP contribution is -2.37. The standard InChI is InChI=1S/C18H24N4OS/c1-3-6-15-20-21-18(24)22(15)11-16(23)19-17-12(2)9-10-13-7-4-5-8-14(13)17/h4-5,7-8,12,17H,3,6,9-11H2,1-2H3,(H,19,23)(H,21,24)/t12-,17-/m0/s1. The number of nitrogens with one attached hydrogen (secondary N) is 2. The van der Waals surface area contributed by atoms with E-state index >= 15 is 0 Å². The minimum absolute atomic E-state index is 0.0154. The lowest BCUT2D eigenvalue weighted by molar-refractivity contribution is -0.122. The first-order valence-corrected chi connectivity index (χ1v) is 9.02. The molecule has 6 heteroatoms. The monoisotopic (exact) mass is 344 g/mol. The molecule has 0 saturated carbocycles. The van der Waals surface area contributed by atoms with Crippen molar-refractivity contribution >= 4 is 18.1 Å². The lowest BCUT2D eigenvalue weighted by Gasteiger charge is -2.32. The maximum atomic E-state index is 12.6. The quantitative estimate of drug-likeness (QED) is 0.818. The van der Waals surface area contributed by atoms with Crippen LogP contribution in [0.15, 0.2) is 24.3 Å². The van der Waals surface area contributed by atoms with Gasteiger partial charge >= 0.3 is 0 Å². The maximum absolute atomic E-state index is 12.6. The van der Waals surface area contributed by atoms with Crippen LogP contribution in [-0.2, 0) is 24.2 Å². The molecule has 1 aliphatic rings. The smallest absolute Gasteiger partial charge is 0.240 e. The molecule has 0 aliphatic heterocycles. The molecule has 0 saturated heterocycles. The molecule has 3 rings (SSSR count). The largest absolute Gasteiger partial charge is 0.347 e. The van der Waals surface area contributed by atoms with E-state index < -0.39 is 0 Å². The molecule has 1 amide bonds. The second kappa shape index (κ2) is 7.30. The molecule has 128 valence electrons. The van der Waals surface area contributed by atoms with Crippen molar-refractivity contribution in [1.29, 1.82) is 0 Å². The number of hydrogen-bond donors (Lipinski definition) is 2. The van der Waals surface area contributed by atoms with E-state index in [1.165, 1.54) is 11.1 Å². The van der Waals surface area contributed by atoms with Gasteiger partial charge in [0.1, 0.15) is 12.4 Å². The van der Waals surface area contributed by atoms with E-state index in [-0.39, 0.29) is 18.5 Å². The van der Waals surface area contributed by atoms with Crippen LogP contribution in [0.4, 0.5) is 0 Å². The Morgan fingerprint density at radius 1 is 1.46 bits per heavy atom. The molecule has 0 unspecified atom stereocenters. The van der Waals surface area contributed by atoms with Gasteiger partial charge in [0.25, 0.3) is 0 Å². The van der Waals surface area contributed by atoms with Crippen molar-refractivity contribution in [2.45, 2.75) is 52.1 Å². The summed E-state index contributed by atoms with van der Waals surface area (Å²) in [7, 11) is 0. The fourth-order valence-electron chi connectivity index (χ4n) is 3.43. The van der Waals surface area contributed by atoms with Gasteiger partial charge in [0.05, 0.1) is 6.04 Å². The number of hydrogen-bond acceptors (Lipinski definition) is 3. The van der Waals surface area contributed by atoms with Crippen LogP contribution in [-0.4, -0.2) is 20.7 Å². The molecule has 5 nitrogen and oxygen atoms in total. The summed E-state index contributed by atoms with van der Waals surface area (Å²) < 4.78 is 2.30. The Morgan fingerprint density at radius 2 is 2.25 bits per heavy atom. The molecule has 2 aromatic rings. The van der Waals surface area contributed by atoms with E-state index in [9.17, 15) is 4.79 Å². The summed E-state index contributed by atoms with van der Waals surface area (Å²) in [6.45, 7) is 4.51. The number of carbonyl (C=O) groups excluding carboxylic acids is 1. The third-order valence-electron chi connectivity index (χ3n) is 4.76. The van der Waals surface area contributed by atoms with Crippen molar-refractivity contribution in [2.24, 2.45) is 5.92 Å². The first-order chi connectivity index (χ1) is 11.6. The molecule has 0 bridgehead atoms. The number of rotatable bonds is 5. The van der Waals surface area contributed by atoms with Gasteiger partial charge in [-0.3, -0.25) is 14.5 Å². The van der Waals surface area contributed by atoms with E-state index in [0.717, 1.165) is 31.5 Å². The Balaban J connectivity index is 1.76. The molecule has 1 heterocycles. The third kappa shape index (κ3) is 3.43. The Bertz CT molecular complexity index is 779. The van der Waals surface area contributed by atoms with Crippen LogP contribution in [0.5, 0.6) is 0 Å². The fourth-order valence-corrected chi connectivity index (χ4v) is 3.65. The summed E-state index contributed by atoms with van der Waals surface area (Å²) in [5.74, 6) is 1.25. The van der Waals surface area contributed by atoms with Gasteiger partial charge < -0.3 is 5.32 Å². The zero-order valence-corrected chi connectivity index (χ0v) is 15.0. The SMILES string of the molecule is CCCc1n[nH]c(=S)n1CC(=O)N[C@@H]1c2ccccc2CC[C@@H]1C. The Hall–Kier alpha value is -1.95. The highest BCUT2D eigenvalue weighted by Crippen LogP contribution is 2.33. The summed E-state index contributed by atoms with van der Waals surface area (Å²) in [5.41, 5.74) is 2.58. The van der Waals surface area contributed by atoms with Crippen molar-refractivity contribution in [3.63, 3.8) is 0 Å². The number of aromatic amines is 1. The van der Waals surface area contributed by atoms with Gasteiger partial charge in [-0.25, -0.2) is 0 Å². The first-order valence-electron chi connectivity index (χ1n) is 8.61. The number of aryl methyl sites for hydroxylation is 2. The van der Waals surface area contributed by atoms with E-state index in [2.05, 4.69) is 47.6 Å². The van der Waals surface area contributed by atoms with E-state index in [1.807, 2.05) is 6.07 Å². The van der Waals surface area contributed by atoms with E-state index in [4.69, 9.17) is 12.2 Å². The molecule has 0 fully saturated rings. The number of benzene rings is 1. The van der Waals surface area contributed by atoms with Crippen LogP contribution in [0.1, 0.15) is 49.7 Å². The van der Waals surface area contributed by atoms with E-state index in [0.29, 0.717) is 10.7 Å². The van der Waals surface area contributed by atoms with Crippen molar-refractivity contribution < 1.29 is 4.79 Å². The van der Waals surface area contributed by atoms with Crippen LogP contribution < -0.4 is 5.32 Å². The van der Waals surface area contributed by atoms with Crippen LogP contribution in [0.2, 0.25) is 0 Å². The third-order valence-corrected chi connectivity index (χ3v) is 5.07. The lowest BCUT2D eigenvalue weighted by atomic mass is 9.80. The van der Waals surface area contributed by atoms with Crippen molar-refractivity contribution in [3.8, 4) is 0 Å². The highest BCUT2D eigenvalue weighted by Gasteiger charge is 2.27. The molecule has 24 heavy (non-hydrogen) atoms. The van der Waals surface area contributed by atoms with Gasteiger partial charge in [0, 0.05) is 6.42 Å². The predicted molar refractivity (Wildman–Crippen MR) is 96.2 cm³/mol. The average molecular weight is 344 g/mol. The zero-order valence-electron chi connectivity index (χ0n) is 14.2. The van der Waals surface area contributed by atoms with E-state index in [1.54, 1.807) is 4.57 Å². The topological polar surface area (TPSA) is 62.7 Å². The zero-order chi connectivity index (χ0) is 17.1. The van der Waals surface area contributed by atoms with Crippen LogP contribution >= 0.6 is 12.2 Å². The summed E-state index contributed by atoms with van der Waals surface area (Å²) >= 11 is 5.26. The Labute approximate surface area is 147 Å². The average Bonchev–Trinajstić information content (AvgIpc) is 2.91. The molecule has 1 aliphatic carbocycles. The van der Waals surface area contributed by atoms with Gasteiger partial charge in [-0.2, -0.15) is 5.10 Å². The molecule has 2 N–H and O–H groups in total. The Kier molecular flexibility index (Phi) is 5.14. The maximum Gasteiger partial charge on any atom is 0.240 e.